The highest BCUT2D eigenvalue weighted by Gasteiger charge is 2.22. The molecule has 6 heteroatoms. The highest BCUT2D eigenvalue weighted by atomic mass is 35.5. The van der Waals surface area contributed by atoms with Crippen molar-refractivity contribution >= 4 is 52.4 Å². The summed E-state index contributed by atoms with van der Waals surface area (Å²) in [6.07, 6.45) is 6.26. The average molecular weight is 574 g/mol. The van der Waals surface area contributed by atoms with Crippen LogP contribution in [-0.4, -0.2) is 26.9 Å². The summed E-state index contributed by atoms with van der Waals surface area (Å²) in [5.74, 6) is -0.582. The van der Waals surface area contributed by atoms with Crippen LogP contribution < -0.4 is 0 Å². The Balaban J connectivity index is 1.57. The first-order chi connectivity index (χ1) is 19.1. The van der Waals surface area contributed by atoms with E-state index in [2.05, 4.69) is 36.4 Å². The Kier molecular flexibility index (Phi) is 10.1. The van der Waals surface area contributed by atoms with E-state index in [9.17, 15) is 15.0 Å². The molecule has 1 heterocycles. The van der Waals surface area contributed by atoms with Gasteiger partial charge in [-0.15, -0.1) is 0 Å². The minimum atomic E-state index is -0.928. The zero-order valence-corrected chi connectivity index (χ0v) is 24.8. The number of hydrogen-bond acceptors (Lipinski definition) is 4. The minimum absolute atomic E-state index is 0.109. The molecule has 0 fully saturated rings. The first-order valence-electron chi connectivity index (χ1n) is 13.6. The van der Waals surface area contributed by atoms with Crippen molar-refractivity contribution in [1.29, 1.82) is 0 Å². The summed E-state index contributed by atoms with van der Waals surface area (Å²) < 4.78 is 0. The Labute approximate surface area is 246 Å². The lowest BCUT2D eigenvalue weighted by atomic mass is 9.90. The summed E-state index contributed by atoms with van der Waals surface area (Å²) in [4.78, 5) is 16.4. The van der Waals surface area contributed by atoms with Gasteiger partial charge in [-0.2, -0.15) is 11.8 Å². The maximum atomic E-state index is 11.7. The number of nitrogens with zero attached hydrogens (tertiary/aromatic N) is 1. The molecule has 1 aromatic heterocycles. The van der Waals surface area contributed by atoms with Crippen LogP contribution in [0.2, 0.25) is 5.02 Å². The van der Waals surface area contributed by atoms with E-state index < -0.39 is 11.6 Å². The van der Waals surface area contributed by atoms with Crippen LogP contribution in [0.3, 0.4) is 0 Å². The number of carboxylic acids is 1. The lowest BCUT2D eigenvalue weighted by Gasteiger charge is -2.24. The molecule has 4 rings (SSSR count). The third-order valence-electron chi connectivity index (χ3n) is 7.10. The van der Waals surface area contributed by atoms with Gasteiger partial charge >= 0.3 is 5.97 Å². The van der Waals surface area contributed by atoms with Crippen molar-refractivity contribution < 1.29 is 15.0 Å². The Bertz CT molecular complexity index is 1490. The van der Waals surface area contributed by atoms with E-state index in [4.69, 9.17) is 16.6 Å². The number of rotatable bonds is 12. The van der Waals surface area contributed by atoms with Gasteiger partial charge < -0.3 is 10.2 Å². The quantitative estimate of drug-likeness (QED) is 0.177. The Hall–Kier alpha value is -3.12. The van der Waals surface area contributed by atoms with Crippen molar-refractivity contribution in [3.05, 3.63) is 112 Å². The number of aliphatic carboxylic acids is 1. The van der Waals surface area contributed by atoms with Crippen LogP contribution in [0.15, 0.2) is 78.9 Å². The van der Waals surface area contributed by atoms with Gasteiger partial charge in [-0.1, -0.05) is 85.3 Å². The van der Waals surface area contributed by atoms with E-state index >= 15 is 0 Å². The van der Waals surface area contributed by atoms with Gasteiger partial charge in [0.2, 0.25) is 0 Å². The fraction of sp³-hybridized carbons (Fsp3) is 0.294. The summed E-state index contributed by atoms with van der Waals surface area (Å²) in [7, 11) is 0. The average Bonchev–Trinajstić information content (AvgIpc) is 2.93. The molecule has 0 spiro atoms. The molecule has 0 unspecified atom stereocenters. The summed E-state index contributed by atoms with van der Waals surface area (Å²) in [5.41, 5.74) is 5.03. The SMILES string of the molecule is CC[C@H](CS[C@H](CCc1ccccc1C(C)(C)O)c1cccc(C=Cc2ccc3ccc(Cl)cc3n2)c1)C(=O)O. The minimum Gasteiger partial charge on any atom is -0.481 e. The second kappa shape index (κ2) is 13.5. The topological polar surface area (TPSA) is 70.4 Å². The summed E-state index contributed by atoms with van der Waals surface area (Å²) in [5, 5.41) is 22.1. The number of aryl methyl sites for hydroxylation is 1. The largest absolute Gasteiger partial charge is 0.481 e. The zero-order valence-electron chi connectivity index (χ0n) is 23.2. The first-order valence-corrected chi connectivity index (χ1v) is 15.1. The molecule has 4 aromatic rings. The number of halogens is 1. The number of pyridine rings is 1. The molecule has 0 amide bonds. The molecule has 0 saturated carbocycles. The third kappa shape index (κ3) is 7.97. The predicted octanol–water partition coefficient (Wildman–Crippen LogP) is 8.80. The Morgan fingerprint density at radius 1 is 1.02 bits per heavy atom. The molecule has 0 radical (unpaired) electrons. The van der Waals surface area contributed by atoms with Gasteiger partial charge in [0.25, 0.3) is 0 Å². The van der Waals surface area contributed by atoms with Gasteiger partial charge in [0, 0.05) is 21.4 Å². The number of aromatic nitrogens is 1. The molecule has 0 aliphatic carbocycles. The maximum absolute atomic E-state index is 11.7. The summed E-state index contributed by atoms with van der Waals surface area (Å²) >= 11 is 7.86. The molecule has 0 aliphatic heterocycles. The second-order valence-electron chi connectivity index (χ2n) is 10.6. The zero-order chi connectivity index (χ0) is 28.7. The number of aliphatic hydroxyl groups is 1. The number of carboxylic acid groups (broad SMARTS) is 1. The van der Waals surface area contributed by atoms with Crippen LogP contribution in [0, 0.1) is 5.92 Å². The highest BCUT2D eigenvalue weighted by molar-refractivity contribution is 7.99. The molecule has 0 aliphatic rings. The summed E-state index contributed by atoms with van der Waals surface area (Å²) in [6, 6.07) is 26.2. The number of benzene rings is 3. The molecule has 2 N–H and O–H groups in total. The van der Waals surface area contributed by atoms with Gasteiger partial charge in [0.15, 0.2) is 0 Å². The number of fused-ring (bicyclic) bond motifs is 1. The van der Waals surface area contributed by atoms with Gasteiger partial charge in [-0.25, -0.2) is 4.98 Å². The van der Waals surface area contributed by atoms with E-state index in [0.29, 0.717) is 17.2 Å². The predicted molar refractivity (Wildman–Crippen MR) is 169 cm³/mol. The number of hydrogen-bond donors (Lipinski definition) is 2. The van der Waals surface area contributed by atoms with Crippen LogP contribution in [0.1, 0.15) is 66.8 Å². The molecule has 4 nitrogen and oxygen atoms in total. The fourth-order valence-electron chi connectivity index (χ4n) is 4.81. The standard InChI is InChI=1S/C34H36ClNO3S/c1-4-24(33(37)38)22-40-32(19-15-25-9-5-6-11-30(25)34(2,3)39)27-10-7-8-23(20-27)12-17-29-18-14-26-13-16-28(35)21-31(26)36-29/h5-14,16-18,20-21,24,32,39H,4,15,19,22H2,1-3H3,(H,37,38)/t24-,32-/m1/s1. The summed E-state index contributed by atoms with van der Waals surface area (Å²) in [6.45, 7) is 5.55. The smallest absolute Gasteiger partial charge is 0.307 e. The van der Waals surface area contributed by atoms with Crippen molar-refractivity contribution in [3.8, 4) is 0 Å². The van der Waals surface area contributed by atoms with Crippen molar-refractivity contribution in [1.82, 2.24) is 4.98 Å². The first kappa shape index (κ1) is 29.9. The third-order valence-corrected chi connectivity index (χ3v) is 8.84. The number of carbonyl (C=O) groups is 1. The van der Waals surface area contributed by atoms with E-state index in [1.165, 1.54) is 0 Å². The molecular weight excluding hydrogens is 538 g/mol. The van der Waals surface area contributed by atoms with Gasteiger partial charge in [0.1, 0.15) is 0 Å². The van der Waals surface area contributed by atoms with Gasteiger partial charge in [-0.05, 0) is 79.6 Å². The second-order valence-corrected chi connectivity index (χ2v) is 12.3. The fourth-order valence-corrected chi connectivity index (χ4v) is 6.44. The van der Waals surface area contributed by atoms with Crippen molar-refractivity contribution in [2.45, 2.75) is 50.9 Å². The maximum Gasteiger partial charge on any atom is 0.307 e. The monoisotopic (exact) mass is 573 g/mol. The highest BCUT2D eigenvalue weighted by Crippen LogP contribution is 2.37. The lowest BCUT2D eigenvalue weighted by Crippen LogP contribution is -2.18. The van der Waals surface area contributed by atoms with Crippen LogP contribution in [0.25, 0.3) is 23.1 Å². The van der Waals surface area contributed by atoms with Crippen molar-refractivity contribution in [3.63, 3.8) is 0 Å². The van der Waals surface area contributed by atoms with E-state index in [1.807, 2.05) is 75.4 Å². The number of thioether (sulfide) groups is 1. The Morgan fingerprint density at radius 2 is 1.80 bits per heavy atom. The van der Waals surface area contributed by atoms with Gasteiger partial charge in [0.05, 0.1) is 22.7 Å². The van der Waals surface area contributed by atoms with Crippen molar-refractivity contribution in [2.75, 3.05) is 5.75 Å². The van der Waals surface area contributed by atoms with Crippen molar-refractivity contribution in [2.24, 2.45) is 5.92 Å². The molecule has 0 bridgehead atoms. The molecule has 208 valence electrons. The lowest BCUT2D eigenvalue weighted by molar-refractivity contribution is -0.140. The van der Waals surface area contributed by atoms with E-state index in [1.54, 1.807) is 11.8 Å². The Morgan fingerprint density at radius 3 is 2.55 bits per heavy atom. The van der Waals surface area contributed by atoms with E-state index in [0.717, 1.165) is 51.7 Å². The molecular formula is C34H36ClNO3S. The van der Waals surface area contributed by atoms with Crippen LogP contribution in [0.5, 0.6) is 0 Å². The molecule has 2 atom stereocenters. The van der Waals surface area contributed by atoms with E-state index in [-0.39, 0.29) is 11.2 Å². The molecule has 40 heavy (non-hydrogen) atoms. The normalized spacial score (nSPS) is 13.5. The molecule has 0 saturated heterocycles. The van der Waals surface area contributed by atoms with Crippen LogP contribution >= 0.6 is 23.4 Å². The van der Waals surface area contributed by atoms with Crippen LogP contribution in [-0.2, 0) is 16.8 Å². The van der Waals surface area contributed by atoms with Crippen LogP contribution in [0.4, 0.5) is 0 Å². The van der Waals surface area contributed by atoms with Gasteiger partial charge in [-0.3, -0.25) is 4.79 Å². The molecule has 3 aromatic carbocycles.